The zero-order valence-electron chi connectivity index (χ0n) is 5.14. The minimum atomic E-state index is -0.754. The topological polar surface area (TPSA) is 78.4 Å². The summed E-state index contributed by atoms with van der Waals surface area (Å²) in [5.74, 6) is 1.16. The lowest BCUT2D eigenvalue weighted by molar-refractivity contribution is 0.259. The van der Waals surface area contributed by atoms with E-state index in [0.717, 1.165) is 0 Å². The molecule has 0 fully saturated rings. The molecule has 0 spiro atoms. The fourth-order valence-corrected chi connectivity index (χ4v) is 0.913. The summed E-state index contributed by atoms with van der Waals surface area (Å²) in [6.07, 6.45) is 0. The molecule has 1 N–H and O–H groups in total. The van der Waals surface area contributed by atoms with E-state index >= 15 is 0 Å². The summed E-state index contributed by atoms with van der Waals surface area (Å²) in [4.78, 5) is 0. The van der Waals surface area contributed by atoms with Gasteiger partial charge in [-0.15, -0.1) is 5.10 Å². The number of anilines is 1. The zero-order valence-corrected chi connectivity index (χ0v) is 5.14. The molecule has 0 aromatic carbocycles. The highest BCUT2D eigenvalue weighted by molar-refractivity contribution is 6.41. The summed E-state index contributed by atoms with van der Waals surface area (Å²) < 4.78 is 14.8. The first-order valence-electron chi connectivity index (χ1n) is 2.92. The fourth-order valence-electron chi connectivity index (χ4n) is 0.913. The van der Waals surface area contributed by atoms with E-state index in [1.54, 1.807) is 0 Å². The van der Waals surface area contributed by atoms with Gasteiger partial charge >= 0.3 is 7.32 Å². The number of aromatic nitrogens is 3. The molecule has 1 aromatic rings. The van der Waals surface area contributed by atoms with Crippen LogP contribution in [0.2, 0.25) is 0 Å². The van der Waals surface area contributed by atoms with Gasteiger partial charge < -0.3 is 9.31 Å². The van der Waals surface area contributed by atoms with E-state index in [1.165, 1.54) is 0 Å². The highest BCUT2D eigenvalue weighted by Gasteiger charge is 2.44. The van der Waals surface area contributed by atoms with E-state index < -0.39 is 7.32 Å². The normalized spacial score (nSPS) is 16.9. The average Bonchev–Trinajstić information content (AvgIpc) is 2.42. The Morgan fingerprint density at radius 1 is 1.27 bits per heavy atom. The molecule has 54 valence electrons. The van der Waals surface area contributed by atoms with Crippen LogP contribution in [-0.2, 0) is 4.76 Å². The molecule has 0 saturated carbocycles. The van der Waals surface area contributed by atoms with Gasteiger partial charge in [0.1, 0.15) is 0 Å². The molecule has 0 atom stereocenters. The molecule has 2 aliphatic rings. The highest BCUT2D eigenvalue weighted by atomic mass is 16.8. The Kier molecular flexibility index (Phi) is 0.716. The lowest BCUT2D eigenvalue weighted by Crippen LogP contribution is -2.33. The first-order valence-corrected chi connectivity index (χ1v) is 2.92. The molecule has 11 heavy (non-hydrogen) atoms. The Balaban J connectivity index is 2.29. The van der Waals surface area contributed by atoms with Crippen molar-refractivity contribution in [1.29, 1.82) is 0 Å². The van der Waals surface area contributed by atoms with Crippen molar-refractivity contribution in [2.45, 2.75) is 0 Å². The lowest BCUT2D eigenvalue weighted by Gasteiger charge is -2.10. The Bertz CT molecular complexity index is 319. The Morgan fingerprint density at radius 3 is 3.27 bits per heavy atom. The van der Waals surface area contributed by atoms with Gasteiger partial charge in [0, 0.05) is 0 Å². The van der Waals surface area contributed by atoms with Crippen LogP contribution in [0.4, 0.5) is 5.82 Å². The van der Waals surface area contributed by atoms with E-state index in [2.05, 4.69) is 20.9 Å². The van der Waals surface area contributed by atoms with Crippen LogP contribution < -0.4 is 14.8 Å². The van der Waals surface area contributed by atoms with E-state index in [4.69, 9.17) is 14.1 Å². The van der Waals surface area contributed by atoms with Crippen LogP contribution in [0.25, 0.3) is 0 Å². The molecule has 8 heteroatoms. The molecular formula is C3HBN4O3. The Labute approximate surface area is 60.8 Å². The van der Waals surface area contributed by atoms with Crippen molar-refractivity contribution < 1.29 is 14.1 Å². The fraction of sp³-hybridized carbons (Fsp3) is 0. The summed E-state index contributed by atoms with van der Waals surface area (Å²) in [5, 5.41) is 10.6. The number of fused-ring (bicyclic) bond motifs is 1. The molecule has 3 heterocycles. The van der Waals surface area contributed by atoms with E-state index in [1.807, 2.05) is 0 Å². The van der Waals surface area contributed by atoms with Gasteiger partial charge in [0.2, 0.25) is 11.6 Å². The molecular weight excluding hydrogens is 151 g/mol. The quantitative estimate of drug-likeness (QED) is 0.476. The van der Waals surface area contributed by atoms with Crippen molar-refractivity contribution in [3.8, 4) is 11.6 Å². The van der Waals surface area contributed by atoms with Gasteiger partial charge in [0.15, 0.2) is 0 Å². The number of rotatable bonds is 0. The van der Waals surface area contributed by atoms with Crippen LogP contribution in [0.5, 0.6) is 11.6 Å². The minimum Gasteiger partial charge on any atom is -0.492 e. The van der Waals surface area contributed by atoms with Gasteiger partial charge in [-0.05, 0) is 5.21 Å². The smallest absolute Gasteiger partial charge is 0.492 e. The second-order valence-corrected chi connectivity index (χ2v) is 2.02. The number of hydrogen-bond donors (Lipinski definition) is 1. The monoisotopic (exact) mass is 152 g/mol. The van der Waals surface area contributed by atoms with Gasteiger partial charge in [-0.1, -0.05) is 5.10 Å². The number of nitrogens with one attached hydrogen (secondary N) is 1. The lowest BCUT2D eigenvalue weighted by atomic mass is 10.2. The largest absolute Gasteiger partial charge is 0.812 e. The summed E-state index contributed by atoms with van der Waals surface area (Å²) in [7, 11) is -0.754. The average molecular weight is 152 g/mol. The first kappa shape index (κ1) is 5.13. The van der Waals surface area contributed by atoms with Crippen molar-refractivity contribution in [2.24, 2.45) is 0 Å². The van der Waals surface area contributed by atoms with Crippen molar-refractivity contribution in [3.05, 3.63) is 0 Å². The first-order chi connectivity index (χ1) is 5.43. The maximum Gasteiger partial charge on any atom is 0.812 e. The van der Waals surface area contributed by atoms with Crippen molar-refractivity contribution >= 4 is 13.1 Å². The van der Waals surface area contributed by atoms with Crippen molar-refractivity contribution in [1.82, 2.24) is 15.4 Å². The van der Waals surface area contributed by atoms with E-state index in [0.29, 0.717) is 17.4 Å². The standard InChI is InChI=1S/C3HBN4O3/c5-2-1-3(6-8-5)10-4(9-1)11-7-2/h(H,5,6,7). The third-order valence-corrected chi connectivity index (χ3v) is 1.36. The highest BCUT2D eigenvalue weighted by Crippen LogP contribution is 2.38. The van der Waals surface area contributed by atoms with Crippen molar-refractivity contribution in [3.63, 3.8) is 0 Å². The van der Waals surface area contributed by atoms with Crippen LogP contribution in [0.3, 0.4) is 0 Å². The van der Waals surface area contributed by atoms with Crippen molar-refractivity contribution in [2.75, 3.05) is 5.48 Å². The Hall–Kier alpha value is -1.57. The van der Waals surface area contributed by atoms with Gasteiger partial charge in [0.25, 0.3) is 5.88 Å². The molecule has 0 aliphatic carbocycles. The van der Waals surface area contributed by atoms with E-state index in [-0.39, 0.29) is 0 Å². The molecule has 0 amide bonds. The van der Waals surface area contributed by atoms with Gasteiger partial charge in [-0.25, -0.2) is 4.76 Å². The number of hydrogen-bond acceptors (Lipinski definition) is 7. The van der Waals surface area contributed by atoms with Crippen LogP contribution in [0.1, 0.15) is 0 Å². The minimum absolute atomic E-state index is 0.310. The molecule has 0 saturated heterocycles. The maximum atomic E-state index is 5.05. The summed E-state index contributed by atoms with van der Waals surface area (Å²) >= 11 is 0. The Morgan fingerprint density at radius 2 is 2.27 bits per heavy atom. The second kappa shape index (κ2) is 1.53. The predicted octanol–water partition coefficient (Wildman–Crippen LogP) is -1.02. The van der Waals surface area contributed by atoms with Crippen LogP contribution >= 0.6 is 0 Å². The molecule has 3 rings (SSSR count). The molecule has 0 unspecified atom stereocenters. The van der Waals surface area contributed by atoms with Crippen LogP contribution in [-0.4, -0.2) is 22.7 Å². The van der Waals surface area contributed by atoms with Crippen LogP contribution in [0.15, 0.2) is 0 Å². The molecule has 0 radical (unpaired) electrons. The molecule has 1 aromatic heterocycles. The summed E-state index contributed by atoms with van der Waals surface area (Å²) in [5.41, 5.74) is 2.50. The zero-order chi connectivity index (χ0) is 7.26. The van der Waals surface area contributed by atoms with Crippen LogP contribution in [0, 0.1) is 0 Å². The number of nitrogens with zero attached hydrogens (tertiary/aromatic N) is 3. The third-order valence-electron chi connectivity index (χ3n) is 1.36. The molecule has 7 nitrogen and oxygen atoms in total. The van der Waals surface area contributed by atoms with Gasteiger partial charge in [-0.3, -0.25) is 5.48 Å². The SMILES string of the molecule is n1nc2c3c(n1)OB(ON2)O3. The predicted molar refractivity (Wildman–Crippen MR) is 31.5 cm³/mol. The molecule has 2 bridgehead atoms. The second-order valence-electron chi connectivity index (χ2n) is 2.02. The van der Waals surface area contributed by atoms with Gasteiger partial charge in [-0.2, -0.15) is 0 Å². The molecule has 2 aliphatic heterocycles. The summed E-state index contributed by atoms with van der Waals surface area (Å²) in [6.45, 7) is 0. The summed E-state index contributed by atoms with van der Waals surface area (Å²) in [6, 6.07) is 0. The van der Waals surface area contributed by atoms with Gasteiger partial charge in [0.05, 0.1) is 0 Å². The third kappa shape index (κ3) is 0.540. The maximum absolute atomic E-state index is 5.05. The van der Waals surface area contributed by atoms with E-state index in [9.17, 15) is 0 Å².